The molecule has 0 aliphatic rings. The Kier molecular flexibility index (Phi) is 12.5. The molecule has 0 amide bonds. The number of carbonyl (C=O) groups is 2. The molecule has 0 aromatic heterocycles. The first-order valence-corrected chi connectivity index (χ1v) is 6.92. The molecule has 0 fully saturated rings. The van der Waals surface area contributed by atoms with Gasteiger partial charge in [-0.2, -0.15) is 0 Å². The average molecular weight is 274 g/mol. The molecule has 0 atom stereocenters. The summed E-state index contributed by atoms with van der Waals surface area (Å²) >= 11 is 0. The van der Waals surface area contributed by atoms with Crippen LogP contribution in [0, 0.1) is 0 Å². The van der Waals surface area contributed by atoms with Crippen molar-refractivity contribution in [2.24, 2.45) is 11.5 Å². The summed E-state index contributed by atoms with van der Waals surface area (Å²) in [7, 11) is 0. The Bertz CT molecular complexity index is 223. The summed E-state index contributed by atoms with van der Waals surface area (Å²) in [6, 6.07) is 0. The van der Waals surface area contributed by atoms with Gasteiger partial charge in [-0.25, -0.2) is 0 Å². The maximum absolute atomic E-state index is 11.1. The van der Waals surface area contributed by atoms with Gasteiger partial charge in [0.25, 0.3) is 0 Å². The van der Waals surface area contributed by atoms with E-state index in [0.717, 1.165) is 32.1 Å². The first-order valence-electron chi connectivity index (χ1n) is 6.92. The van der Waals surface area contributed by atoms with Crippen molar-refractivity contribution in [1.82, 2.24) is 0 Å². The minimum absolute atomic E-state index is 0.184. The van der Waals surface area contributed by atoms with Crippen LogP contribution in [0.5, 0.6) is 0 Å². The van der Waals surface area contributed by atoms with Gasteiger partial charge in [-0.05, 0) is 12.8 Å². The number of hydrogen-bond acceptors (Lipinski definition) is 6. The molecule has 0 saturated heterocycles. The summed E-state index contributed by atoms with van der Waals surface area (Å²) in [5, 5.41) is 0. The van der Waals surface area contributed by atoms with E-state index in [2.05, 4.69) is 0 Å². The fraction of sp³-hybridized carbons (Fsp3) is 0.846. The molecule has 19 heavy (non-hydrogen) atoms. The second-order valence-electron chi connectivity index (χ2n) is 4.29. The van der Waals surface area contributed by atoms with Crippen molar-refractivity contribution in [3.63, 3.8) is 0 Å². The maximum atomic E-state index is 11.1. The van der Waals surface area contributed by atoms with E-state index in [9.17, 15) is 9.59 Å². The minimum Gasteiger partial charge on any atom is -0.464 e. The highest BCUT2D eigenvalue weighted by Gasteiger charge is 2.03. The third kappa shape index (κ3) is 13.1. The van der Waals surface area contributed by atoms with Gasteiger partial charge in [-0.3, -0.25) is 9.59 Å². The molecule has 0 heterocycles. The Balaban J connectivity index is 3.22. The van der Waals surface area contributed by atoms with Gasteiger partial charge in [0.1, 0.15) is 13.2 Å². The largest absolute Gasteiger partial charge is 0.464 e. The topological polar surface area (TPSA) is 105 Å². The SMILES string of the molecule is NCCOC(=O)CCCCCCCC(=O)OCCN. The van der Waals surface area contributed by atoms with Crippen LogP contribution in [0.3, 0.4) is 0 Å². The van der Waals surface area contributed by atoms with E-state index in [1.165, 1.54) is 0 Å². The summed E-state index contributed by atoms with van der Waals surface area (Å²) in [4.78, 5) is 22.3. The fourth-order valence-corrected chi connectivity index (χ4v) is 1.56. The van der Waals surface area contributed by atoms with Crippen molar-refractivity contribution in [1.29, 1.82) is 0 Å². The predicted molar refractivity (Wildman–Crippen MR) is 72.3 cm³/mol. The first kappa shape index (κ1) is 17.9. The standard InChI is InChI=1S/C13H26N2O4/c14-8-10-18-12(16)6-4-2-1-3-5-7-13(17)19-11-9-15/h1-11,14-15H2. The summed E-state index contributed by atoms with van der Waals surface area (Å²) < 4.78 is 9.71. The van der Waals surface area contributed by atoms with Crippen molar-refractivity contribution in [2.75, 3.05) is 26.3 Å². The molecule has 0 unspecified atom stereocenters. The second-order valence-corrected chi connectivity index (χ2v) is 4.29. The van der Waals surface area contributed by atoms with Crippen LogP contribution < -0.4 is 11.5 Å². The predicted octanol–water partition coefficient (Wildman–Crippen LogP) is 0.721. The van der Waals surface area contributed by atoms with Crippen LogP contribution in [-0.2, 0) is 19.1 Å². The zero-order valence-corrected chi connectivity index (χ0v) is 11.6. The third-order valence-electron chi connectivity index (χ3n) is 2.52. The Morgan fingerprint density at radius 1 is 0.684 bits per heavy atom. The molecule has 0 aromatic rings. The zero-order chi connectivity index (χ0) is 14.3. The maximum Gasteiger partial charge on any atom is 0.305 e. The smallest absolute Gasteiger partial charge is 0.305 e. The Morgan fingerprint density at radius 2 is 1.05 bits per heavy atom. The molecule has 0 spiro atoms. The Morgan fingerprint density at radius 3 is 1.42 bits per heavy atom. The van der Waals surface area contributed by atoms with Crippen molar-refractivity contribution in [3.8, 4) is 0 Å². The van der Waals surface area contributed by atoms with Crippen molar-refractivity contribution < 1.29 is 19.1 Å². The summed E-state index contributed by atoms with van der Waals surface area (Å²) in [5.41, 5.74) is 10.4. The average Bonchev–Trinajstić information content (AvgIpc) is 2.41. The number of hydrogen-bond donors (Lipinski definition) is 2. The molecule has 0 rings (SSSR count). The molecule has 6 heteroatoms. The van der Waals surface area contributed by atoms with Gasteiger partial charge in [0.2, 0.25) is 0 Å². The van der Waals surface area contributed by atoms with Gasteiger partial charge in [0.15, 0.2) is 0 Å². The number of rotatable bonds is 12. The molecule has 112 valence electrons. The van der Waals surface area contributed by atoms with Gasteiger partial charge >= 0.3 is 11.9 Å². The van der Waals surface area contributed by atoms with E-state index in [1.54, 1.807) is 0 Å². The van der Waals surface area contributed by atoms with Crippen LogP contribution >= 0.6 is 0 Å². The van der Waals surface area contributed by atoms with Gasteiger partial charge in [0.05, 0.1) is 0 Å². The van der Waals surface area contributed by atoms with E-state index in [-0.39, 0.29) is 11.9 Å². The van der Waals surface area contributed by atoms with E-state index < -0.39 is 0 Å². The molecule has 0 aliphatic heterocycles. The monoisotopic (exact) mass is 274 g/mol. The lowest BCUT2D eigenvalue weighted by Gasteiger charge is -2.04. The van der Waals surface area contributed by atoms with Crippen molar-refractivity contribution >= 4 is 11.9 Å². The van der Waals surface area contributed by atoms with Gasteiger partial charge in [-0.15, -0.1) is 0 Å². The van der Waals surface area contributed by atoms with E-state index in [1.807, 2.05) is 0 Å². The first-order chi connectivity index (χ1) is 9.20. The molecule has 4 N–H and O–H groups in total. The van der Waals surface area contributed by atoms with Crippen molar-refractivity contribution in [2.45, 2.75) is 44.9 Å². The normalized spacial score (nSPS) is 10.2. The number of nitrogens with two attached hydrogens (primary N) is 2. The van der Waals surface area contributed by atoms with Crippen molar-refractivity contribution in [3.05, 3.63) is 0 Å². The van der Waals surface area contributed by atoms with Gasteiger partial charge in [-0.1, -0.05) is 19.3 Å². The summed E-state index contributed by atoms with van der Waals surface area (Å²) in [5.74, 6) is -0.369. The van der Waals surface area contributed by atoms with Crippen LogP contribution in [0.1, 0.15) is 44.9 Å². The lowest BCUT2D eigenvalue weighted by molar-refractivity contribution is -0.144. The van der Waals surface area contributed by atoms with Gasteiger partial charge in [0, 0.05) is 25.9 Å². The summed E-state index contributed by atoms with van der Waals surface area (Å²) in [6.07, 6.45) is 5.47. The highest BCUT2D eigenvalue weighted by Crippen LogP contribution is 2.08. The number of esters is 2. The zero-order valence-electron chi connectivity index (χ0n) is 11.6. The highest BCUT2D eigenvalue weighted by molar-refractivity contribution is 5.69. The van der Waals surface area contributed by atoms with E-state index >= 15 is 0 Å². The minimum atomic E-state index is -0.184. The quantitative estimate of drug-likeness (QED) is 0.401. The van der Waals surface area contributed by atoms with Crippen LogP contribution in [-0.4, -0.2) is 38.2 Å². The summed E-state index contributed by atoms with van der Waals surface area (Å²) in [6.45, 7) is 1.32. The molecule has 0 saturated carbocycles. The van der Waals surface area contributed by atoms with Crippen LogP contribution in [0.2, 0.25) is 0 Å². The Labute approximate surface area is 114 Å². The molecular formula is C13H26N2O4. The molecule has 6 nitrogen and oxygen atoms in total. The van der Waals surface area contributed by atoms with Gasteiger partial charge < -0.3 is 20.9 Å². The fourth-order valence-electron chi connectivity index (χ4n) is 1.56. The van der Waals surface area contributed by atoms with E-state index in [4.69, 9.17) is 20.9 Å². The molecule has 0 aromatic carbocycles. The Hall–Kier alpha value is -1.14. The third-order valence-corrected chi connectivity index (χ3v) is 2.52. The molecular weight excluding hydrogens is 248 g/mol. The van der Waals surface area contributed by atoms with E-state index in [0.29, 0.717) is 39.1 Å². The second kappa shape index (κ2) is 13.3. The van der Waals surface area contributed by atoms with Crippen LogP contribution in [0.25, 0.3) is 0 Å². The lowest BCUT2D eigenvalue weighted by Crippen LogP contribution is -2.13. The highest BCUT2D eigenvalue weighted by atomic mass is 16.5. The molecule has 0 radical (unpaired) electrons. The number of carbonyl (C=O) groups excluding carboxylic acids is 2. The van der Waals surface area contributed by atoms with Crippen LogP contribution in [0.15, 0.2) is 0 Å². The lowest BCUT2D eigenvalue weighted by atomic mass is 10.1. The van der Waals surface area contributed by atoms with Crippen LogP contribution in [0.4, 0.5) is 0 Å². The molecule has 0 bridgehead atoms. The number of ether oxygens (including phenoxy) is 2. The number of unbranched alkanes of at least 4 members (excludes halogenated alkanes) is 4. The molecule has 0 aliphatic carbocycles.